The van der Waals surface area contributed by atoms with Crippen LogP contribution in [0, 0.1) is 16.7 Å². The number of nitriles is 1. The first kappa shape index (κ1) is 29.9. The minimum atomic E-state index is -0.310. The number of hydrogen-bond donors (Lipinski definition) is 1. The van der Waals surface area contributed by atoms with Crippen molar-refractivity contribution in [1.82, 2.24) is 14.8 Å². The van der Waals surface area contributed by atoms with Gasteiger partial charge < -0.3 is 15.2 Å². The predicted molar refractivity (Wildman–Crippen MR) is 149 cm³/mol. The molecule has 2 aliphatic rings. The maximum absolute atomic E-state index is 9.92. The van der Waals surface area contributed by atoms with E-state index in [0.717, 1.165) is 48.3 Å². The molecule has 2 N–H and O–H groups in total. The first-order chi connectivity index (χ1) is 17.6. The van der Waals surface area contributed by atoms with Gasteiger partial charge in [-0.2, -0.15) is 10.4 Å². The molecule has 200 valence electrons. The lowest BCUT2D eigenvalue weighted by atomic mass is 9.77. The second-order valence-corrected chi connectivity index (χ2v) is 10.4. The Kier molecular flexibility index (Phi) is 11.1. The third-order valence-corrected chi connectivity index (χ3v) is 5.53. The van der Waals surface area contributed by atoms with Crippen LogP contribution in [0.2, 0.25) is 0 Å². The van der Waals surface area contributed by atoms with Gasteiger partial charge >= 0.3 is 0 Å². The smallest absolute Gasteiger partial charge is 0.205 e. The Hall–Kier alpha value is -3.37. The number of ether oxygens (including phenoxy) is 2. The number of rotatable bonds is 5. The molecule has 37 heavy (non-hydrogen) atoms. The van der Waals surface area contributed by atoms with Crippen molar-refractivity contribution in [3.8, 4) is 11.8 Å². The molecule has 0 amide bonds. The maximum Gasteiger partial charge on any atom is 0.205 e. The van der Waals surface area contributed by atoms with Gasteiger partial charge in [0.25, 0.3) is 0 Å². The molecule has 1 aromatic carbocycles. The summed E-state index contributed by atoms with van der Waals surface area (Å²) in [6.45, 7) is 17.5. The van der Waals surface area contributed by atoms with E-state index in [2.05, 4.69) is 56.8 Å². The number of nitrogens with zero attached hydrogens (tertiary/aromatic N) is 4. The van der Waals surface area contributed by atoms with Gasteiger partial charge in [0.1, 0.15) is 30.1 Å². The Bertz CT molecular complexity index is 1120. The summed E-state index contributed by atoms with van der Waals surface area (Å²) in [4.78, 5) is 4.00. The largest absolute Gasteiger partial charge is 0.445 e. The van der Waals surface area contributed by atoms with E-state index in [4.69, 9.17) is 15.2 Å². The van der Waals surface area contributed by atoms with Crippen LogP contribution in [-0.4, -0.2) is 27.5 Å². The molecular formula is C30H43N5O2. The fraction of sp³-hybridized carbons (Fsp3) is 0.500. The summed E-state index contributed by atoms with van der Waals surface area (Å²) < 4.78 is 13.5. The Labute approximate surface area is 222 Å². The van der Waals surface area contributed by atoms with Crippen LogP contribution in [0.25, 0.3) is 5.69 Å². The zero-order valence-electron chi connectivity index (χ0n) is 23.7. The van der Waals surface area contributed by atoms with E-state index >= 15 is 0 Å². The normalized spacial score (nSPS) is 19.8. The number of benzene rings is 1. The van der Waals surface area contributed by atoms with Crippen LogP contribution < -0.4 is 5.73 Å². The second kappa shape index (κ2) is 13.8. The Morgan fingerprint density at radius 1 is 1.22 bits per heavy atom. The summed E-state index contributed by atoms with van der Waals surface area (Å²) >= 11 is 0. The Morgan fingerprint density at radius 2 is 1.86 bits per heavy atom. The third-order valence-electron chi connectivity index (χ3n) is 5.53. The van der Waals surface area contributed by atoms with Crippen molar-refractivity contribution in [2.75, 3.05) is 6.61 Å². The molecule has 0 radical (unpaired) electrons. The molecule has 2 aromatic rings. The summed E-state index contributed by atoms with van der Waals surface area (Å²) in [5, 5.41) is 14.1. The van der Waals surface area contributed by atoms with Crippen LogP contribution in [0.1, 0.15) is 86.1 Å². The van der Waals surface area contributed by atoms with Crippen LogP contribution >= 0.6 is 0 Å². The van der Waals surface area contributed by atoms with Crippen LogP contribution in [0.3, 0.4) is 0 Å². The van der Waals surface area contributed by atoms with Crippen molar-refractivity contribution in [2.45, 2.75) is 86.7 Å². The predicted octanol–water partition coefficient (Wildman–Crippen LogP) is 6.94. The summed E-state index contributed by atoms with van der Waals surface area (Å²) in [7, 11) is 0. The lowest BCUT2D eigenvalue weighted by molar-refractivity contribution is 0.136. The summed E-state index contributed by atoms with van der Waals surface area (Å²) in [5.74, 6) is 0.565. The number of nitrogens with two attached hydrogens (primary N) is 1. The zero-order chi connectivity index (χ0) is 27.6. The van der Waals surface area contributed by atoms with Gasteiger partial charge in [-0.15, -0.1) is 0 Å². The molecule has 2 atom stereocenters. The van der Waals surface area contributed by atoms with Gasteiger partial charge in [0.05, 0.1) is 17.7 Å². The average molecular weight is 506 g/mol. The van der Waals surface area contributed by atoms with Crippen LogP contribution in [0.5, 0.6) is 0 Å². The fourth-order valence-corrected chi connectivity index (χ4v) is 4.21. The standard InChI is InChI=1S/C23H25N5O2.C5H12.C2H6/c1-3-5-18(20-6-4-11-29-20)21-15(2)30-23(25)19(12-24)22(21)16-7-9-17(10-8-16)28-14-26-13-27-28;1-5(2,3)4;1-2/h5,7-10,13-14,20,22H,3-4,6,11,25H2,1-2H3;1-4H3;1-2H3/b18-5+;;. The summed E-state index contributed by atoms with van der Waals surface area (Å²) in [6.07, 6.45) is 8.20. The van der Waals surface area contributed by atoms with Gasteiger partial charge in [0.15, 0.2) is 0 Å². The molecule has 4 rings (SSSR count). The summed E-state index contributed by atoms with van der Waals surface area (Å²) in [5.41, 5.74) is 11.0. The molecule has 1 fully saturated rings. The molecule has 2 unspecified atom stereocenters. The zero-order valence-corrected chi connectivity index (χ0v) is 23.7. The molecule has 7 heteroatoms. The van der Waals surface area contributed by atoms with Gasteiger partial charge in [-0.3, -0.25) is 0 Å². The molecule has 2 aliphatic heterocycles. The van der Waals surface area contributed by atoms with Crippen molar-refractivity contribution >= 4 is 0 Å². The van der Waals surface area contributed by atoms with E-state index in [1.807, 2.05) is 45.0 Å². The summed E-state index contributed by atoms with van der Waals surface area (Å²) in [6, 6.07) is 10.2. The SMILES string of the molecule is CC.CC(C)(C)C.CC/C=C(/C1=C(C)OC(N)=C(C#N)C1c1ccc(-n2cncn2)cc1)C1CCCO1. The maximum atomic E-state index is 9.92. The van der Waals surface area contributed by atoms with E-state index < -0.39 is 0 Å². The molecule has 1 aromatic heterocycles. The molecule has 0 spiro atoms. The Balaban J connectivity index is 0.000000617. The molecule has 0 bridgehead atoms. The fourth-order valence-electron chi connectivity index (χ4n) is 4.21. The van der Waals surface area contributed by atoms with Crippen LogP contribution in [-0.2, 0) is 9.47 Å². The third kappa shape index (κ3) is 8.06. The number of allylic oxidation sites excluding steroid dienone is 3. The Morgan fingerprint density at radius 3 is 2.35 bits per heavy atom. The van der Waals surface area contributed by atoms with E-state index in [1.54, 1.807) is 11.0 Å². The average Bonchev–Trinajstić information content (AvgIpc) is 3.58. The molecule has 1 saturated heterocycles. The first-order valence-electron chi connectivity index (χ1n) is 13.2. The monoisotopic (exact) mass is 505 g/mol. The first-order valence-corrected chi connectivity index (χ1v) is 13.2. The minimum Gasteiger partial charge on any atom is -0.445 e. The number of hydrogen-bond acceptors (Lipinski definition) is 6. The highest BCUT2D eigenvalue weighted by atomic mass is 16.5. The minimum absolute atomic E-state index is 0.00897. The van der Waals surface area contributed by atoms with Crippen LogP contribution in [0.4, 0.5) is 0 Å². The molecule has 0 aliphatic carbocycles. The van der Waals surface area contributed by atoms with E-state index in [9.17, 15) is 5.26 Å². The topological polar surface area (TPSA) is 99.0 Å². The van der Waals surface area contributed by atoms with E-state index in [0.29, 0.717) is 16.7 Å². The van der Waals surface area contributed by atoms with Gasteiger partial charge in [0, 0.05) is 12.2 Å². The van der Waals surface area contributed by atoms with E-state index in [-0.39, 0.29) is 17.9 Å². The van der Waals surface area contributed by atoms with Crippen molar-refractivity contribution in [2.24, 2.45) is 11.1 Å². The van der Waals surface area contributed by atoms with Gasteiger partial charge in [-0.05, 0) is 54.9 Å². The second-order valence-electron chi connectivity index (χ2n) is 10.4. The number of aromatic nitrogens is 3. The quantitative estimate of drug-likeness (QED) is 0.472. The molecule has 7 nitrogen and oxygen atoms in total. The highest BCUT2D eigenvalue weighted by Crippen LogP contribution is 2.44. The van der Waals surface area contributed by atoms with E-state index in [1.165, 1.54) is 6.33 Å². The lowest BCUT2D eigenvalue weighted by Crippen LogP contribution is -2.24. The van der Waals surface area contributed by atoms with Gasteiger partial charge in [-0.25, -0.2) is 9.67 Å². The highest BCUT2D eigenvalue weighted by Gasteiger charge is 2.36. The van der Waals surface area contributed by atoms with Gasteiger partial charge in [-0.1, -0.05) is 66.7 Å². The van der Waals surface area contributed by atoms with Gasteiger partial charge in [0.2, 0.25) is 5.88 Å². The van der Waals surface area contributed by atoms with Crippen LogP contribution in [0.15, 0.2) is 71.4 Å². The van der Waals surface area contributed by atoms with Crippen molar-refractivity contribution in [3.63, 3.8) is 0 Å². The molecule has 0 saturated carbocycles. The van der Waals surface area contributed by atoms with Crippen molar-refractivity contribution in [3.05, 3.63) is 76.9 Å². The van der Waals surface area contributed by atoms with Crippen molar-refractivity contribution in [1.29, 1.82) is 5.26 Å². The molecule has 3 heterocycles. The highest BCUT2D eigenvalue weighted by molar-refractivity contribution is 5.56. The molecular weight excluding hydrogens is 462 g/mol. The van der Waals surface area contributed by atoms with Crippen molar-refractivity contribution < 1.29 is 9.47 Å². The lowest BCUT2D eigenvalue weighted by Gasteiger charge is -2.31.